The molecule has 0 unspecified atom stereocenters. The molecular formula is C17H19F3N2O2. The van der Waals surface area contributed by atoms with Gasteiger partial charge in [0.1, 0.15) is 5.75 Å². The standard InChI is InChI=1S/C17H19F3N2O2/c1-21(2)10-3-11-24-15-7-5-14(6-8-15)22-12-13(17(18,19)20)4-9-16(22)23/h4-9,12H,3,10-11H2,1-2H3. The monoisotopic (exact) mass is 340 g/mol. The fourth-order valence-electron chi connectivity index (χ4n) is 2.13. The molecule has 7 heteroatoms. The number of benzene rings is 1. The van der Waals surface area contributed by atoms with Crippen LogP contribution in [0.25, 0.3) is 5.69 Å². The van der Waals surface area contributed by atoms with E-state index in [2.05, 4.69) is 0 Å². The minimum Gasteiger partial charge on any atom is -0.494 e. The van der Waals surface area contributed by atoms with E-state index in [0.29, 0.717) is 18.0 Å². The first-order chi connectivity index (χ1) is 11.3. The summed E-state index contributed by atoms with van der Waals surface area (Å²) in [7, 11) is 3.95. The first-order valence-electron chi connectivity index (χ1n) is 7.45. The maximum Gasteiger partial charge on any atom is 0.417 e. The molecular weight excluding hydrogens is 321 g/mol. The van der Waals surface area contributed by atoms with Gasteiger partial charge in [-0.25, -0.2) is 0 Å². The van der Waals surface area contributed by atoms with E-state index in [9.17, 15) is 18.0 Å². The third-order valence-corrected chi connectivity index (χ3v) is 3.37. The van der Waals surface area contributed by atoms with Crippen LogP contribution in [-0.2, 0) is 6.18 Å². The summed E-state index contributed by atoms with van der Waals surface area (Å²) in [4.78, 5) is 13.9. The van der Waals surface area contributed by atoms with Crippen molar-refractivity contribution < 1.29 is 17.9 Å². The molecule has 0 amide bonds. The first-order valence-corrected chi connectivity index (χ1v) is 7.45. The molecule has 4 nitrogen and oxygen atoms in total. The number of aromatic nitrogens is 1. The van der Waals surface area contributed by atoms with Crippen molar-refractivity contribution in [2.75, 3.05) is 27.2 Å². The number of pyridine rings is 1. The Morgan fingerprint density at radius 1 is 1.08 bits per heavy atom. The van der Waals surface area contributed by atoms with Gasteiger partial charge in [0, 0.05) is 24.5 Å². The maximum absolute atomic E-state index is 12.8. The van der Waals surface area contributed by atoms with Gasteiger partial charge >= 0.3 is 6.18 Å². The number of rotatable bonds is 6. The molecule has 1 heterocycles. The summed E-state index contributed by atoms with van der Waals surface area (Å²) in [6.45, 7) is 1.44. The SMILES string of the molecule is CN(C)CCCOc1ccc(-n2cc(C(F)(F)F)ccc2=O)cc1. The van der Waals surface area contributed by atoms with E-state index >= 15 is 0 Å². The van der Waals surface area contributed by atoms with Crippen molar-refractivity contribution in [3.05, 3.63) is 58.5 Å². The van der Waals surface area contributed by atoms with Crippen molar-refractivity contribution in [3.8, 4) is 11.4 Å². The highest BCUT2D eigenvalue weighted by Gasteiger charge is 2.31. The summed E-state index contributed by atoms with van der Waals surface area (Å²) < 4.78 is 44.8. The minimum absolute atomic E-state index is 0.353. The van der Waals surface area contributed by atoms with Gasteiger partial charge in [0.2, 0.25) is 0 Å². The van der Waals surface area contributed by atoms with Gasteiger partial charge in [-0.2, -0.15) is 13.2 Å². The van der Waals surface area contributed by atoms with Crippen LogP contribution in [-0.4, -0.2) is 36.7 Å². The Hall–Kier alpha value is -2.28. The number of nitrogens with zero attached hydrogens (tertiary/aromatic N) is 2. The Kier molecular flexibility index (Phi) is 5.66. The molecule has 24 heavy (non-hydrogen) atoms. The smallest absolute Gasteiger partial charge is 0.417 e. The Labute approximate surface area is 138 Å². The second-order valence-electron chi connectivity index (χ2n) is 5.62. The second kappa shape index (κ2) is 7.53. The van der Waals surface area contributed by atoms with Crippen LogP contribution in [0.1, 0.15) is 12.0 Å². The van der Waals surface area contributed by atoms with Crippen molar-refractivity contribution in [2.24, 2.45) is 0 Å². The molecule has 0 aliphatic rings. The first kappa shape index (κ1) is 18.1. The van der Waals surface area contributed by atoms with Crippen LogP contribution < -0.4 is 10.3 Å². The molecule has 2 rings (SSSR count). The van der Waals surface area contributed by atoms with Crippen molar-refractivity contribution in [1.29, 1.82) is 0 Å². The van der Waals surface area contributed by atoms with E-state index in [-0.39, 0.29) is 0 Å². The highest BCUT2D eigenvalue weighted by Crippen LogP contribution is 2.28. The van der Waals surface area contributed by atoms with E-state index < -0.39 is 17.3 Å². The Bertz CT molecular complexity index is 722. The fourth-order valence-corrected chi connectivity index (χ4v) is 2.13. The summed E-state index contributed by atoms with van der Waals surface area (Å²) in [5.41, 5.74) is -1.04. The van der Waals surface area contributed by atoms with Crippen LogP contribution in [0.3, 0.4) is 0 Å². The fraction of sp³-hybridized carbons (Fsp3) is 0.353. The zero-order valence-electron chi connectivity index (χ0n) is 13.5. The quantitative estimate of drug-likeness (QED) is 0.758. The van der Waals surface area contributed by atoms with Crippen molar-refractivity contribution >= 4 is 0 Å². The van der Waals surface area contributed by atoms with Crippen molar-refractivity contribution in [1.82, 2.24) is 9.47 Å². The molecule has 0 aliphatic carbocycles. The molecule has 130 valence electrons. The number of halogens is 3. The molecule has 1 aromatic carbocycles. The number of ether oxygens (including phenoxy) is 1. The average Bonchev–Trinajstić information content (AvgIpc) is 2.51. The van der Waals surface area contributed by atoms with Crippen LogP contribution in [0.4, 0.5) is 13.2 Å². The van der Waals surface area contributed by atoms with E-state index in [1.54, 1.807) is 24.3 Å². The Morgan fingerprint density at radius 2 is 1.75 bits per heavy atom. The molecule has 0 fully saturated rings. The highest BCUT2D eigenvalue weighted by atomic mass is 19.4. The van der Waals surface area contributed by atoms with Crippen LogP contribution in [0.5, 0.6) is 5.75 Å². The van der Waals surface area contributed by atoms with Gasteiger partial charge in [0.05, 0.1) is 12.2 Å². The molecule has 0 saturated heterocycles. The molecule has 0 aliphatic heterocycles. The maximum atomic E-state index is 12.8. The largest absolute Gasteiger partial charge is 0.494 e. The van der Waals surface area contributed by atoms with Crippen molar-refractivity contribution in [2.45, 2.75) is 12.6 Å². The van der Waals surface area contributed by atoms with Crippen molar-refractivity contribution in [3.63, 3.8) is 0 Å². The zero-order chi connectivity index (χ0) is 17.7. The summed E-state index contributed by atoms with van der Waals surface area (Å²) in [6.07, 6.45) is -2.83. The van der Waals surface area contributed by atoms with E-state index in [1.807, 2.05) is 19.0 Å². The van der Waals surface area contributed by atoms with Crippen LogP contribution in [0.2, 0.25) is 0 Å². The molecule has 0 atom stereocenters. The van der Waals surface area contributed by atoms with E-state index in [4.69, 9.17) is 4.74 Å². The molecule has 0 radical (unpaired) electrons. The van der Waals surface area contributed by atoms with Crippen LogP contribution in [0.15, 0.2) is 47.4 Å². The van der Waals surface area contributed by atoms with Gasteiger partial charge in [-0.05, 0) is 50.8 Å². The average molecular weight is 340 g/mol. The lowest BCUT2D eigenvalue weighted by Gasteiger charge is -2.12. The summed E-state index contributed by atoms with van der Waals surface area (Å²) in [5, 5.41) is 0. The topological polar surface area (TPSA) is 34.5 Å². The van der Waals surface area contributed by atoms with Crippen LogP contribution >= 0.6 is 0 Å². The Morgan fingerprint density at radius 3 is 2.33 bits per heavy atom. The molecule has 0 saturated carbocycles. The summed E-state index contributed by atoms with van der Waals surface area (Å²) in [5.74, 6) is 0.609. The minimum atomic E-state index is -4.50. The van der Waals surface area contributed by atoms with Gasteiger partial charge in [0.15, 0.2) is 0 Å². The van der Waals surface area contributed by atoms with E-state index in [0.717, 1.165) is 35.9 Å². The highest BCUT2D eigenvalue weighted by molar-refractivity contribution is 5.38. The summed E-state index contributed by atoms with van der Waals surface area (Å²) >= 11 is 0. The van der Waals surface area contributed by atoms with Gasteiger partial charge < -0.3 is 9.64 Å². The van der Waals surface area contributed by atoms with Gasteiger partial charge in [-0.1, -0.05) is 0 Å². The van der Waals surface area contributed by atoms with Gasteiger partial charge in [0.25, 0.3) is 5.56 Å². The van der Waals surface area contributed by atoms with E-state index in [1.165, 1.54) is 0 Å². The normalized spacial score (nSPS) is 11.8. The lowest BCUT2D eigenvalue weighted by atomic mass is 10.2. The molecule has 2 aromatic rings. The molecule has 0 spiro atoms. The lowest BCUT2D eigenvalue weighted by Crippen LogP contribution is -2.19. The van der Waals surface area contributed by atoms with Gasteiger partial charge in [-0.15, -0.1) is 0 Å². The van der Waals surface area contributed by atoms with Crippen LogP contribution in [0, 0.1) is 0 Å². The Balaban J connectivity index is 2.12. The predicted molar refractivity (Wildman–Crippen MR) is 85.7 cm³/mol. The molecule has 1 aromatic heterocycles. The number of hydrogen-bond acceptors (Lipinski definition) is 3. The number of hydrogen-bond donors (Lipinski definition) is 0. The third-order valence-electron chi connectivity index (χ3n) is 3.37. The molecule has 0 N–H and O–H groups in total. The zero-order valence-corrected chi connectivity index (χ0v) is 13.5. The second-order valence-corrected chi connectivity index (χ2v) is 5.62. The third kappa shape index (κ3) is 4.86. The predicted octanol–water partition coefficient (Wildman–Crippen LogP) is 3.19. The molecule has 0 bridgehead atoms. The lowest BCUT2D eigenvalue weighted by molar-refractivity contribution is -0.138. The van der Waals surface area contributed by atoms with Gasteiger partial charge in [-0.3, -0.25) is 9.36 Å². The summed E-state index contributed by atoms with van der Waals surface area (Å²) in [6, 6.07) is 8.08. The number of alkyl halides is 3.